The number of amides is 3. The van der Waals surface area contributed by atoms with E-state index >= 15 is 0 Å². The predicted octanol–water partition coefficient (Wildman–Crippen LogP) is 2.66. The second-order valence-electron chi connectivity index (χ2n) is 6.91. The van der Waals surface area contributed by atoms with Gasteiger partial charge in [0.1, 0.15) is 17.8 Å². The number of carbonyl (C=O) groups is 3. The van der Waals surface area contributed by atoms with Crippen LogP contribution in [0.3, 0.4) is 0 Å². The van der Waals surface area contributed by atoms with Crippen LogP contribution in [0.5, 0.6) is 5.75 Å². The standard InChI is InChI=1S/C19H24N2O4/c1-3-14-7-9-15(10-8-14)25-16(22)12-21-17(23)19(20-18(21)24)11-5-4-6-13(19)2/h7-10,13H,3-6,11-12H2,1-2H3,(H,20,24). The highest BCUT2D eigenvalue weighted by molar-refractivity contribution is 6.09. The molecule has 134 valence electrons. The van der Waals surface area contributed by atoms with Crippen molar-refractivity contribution in [1.82, 2.24) is 10.2 Å². The van der Waals surface area contributed by atoms with Crippen molar-refractivity contribution in [1.29, 1.82) is 0 Å². The molecule has 1 heterocycles. The predicted molar refractivity (Wildman–Crippen MR) is 92.1 cm³/mol. The lowest BCUT2D eigenvalue weighted by Gasteiger charge is -2.36. The van der Waals surface area contributed by atoms with E-state index in [9.17, 15) is 14.4 Å². The Morgan fingerprint density at radius 1 is 1.28 bits per heavy atom. The van der Waals surface area contributed by atoms with Crippen LogP contribution in [0.2, 0.25) is 0 Å². The number of nitrogens with one attached hydrogen (secondary N) is 1. The average molecular weight is 344 g/mol. The van der Waals surface area contributed by atoms with Gasteiger partial charge < -0.3 is 10.1 Å². The fourth-order valence-corrected chi connectivity index (χ4v) is 3.73. The van der Waals surface area contributed by atoms with Crippen LogP contribution >= 0.6 is 0 Å². The highest BCUT2D eigenvalue weighted by atomic mass is 16.5. The lowest BCUT2D eigenvalue weighted by Crippen LogP contribution is -2.54. The van der Waals surface area contributed by atoms with Crippen molar-refractivity contribution < 1.29 is 19.1 Å². The van der Waals surface area contributed by atoms with E-state index in [1.54, 1.807) is 12.1 Å². The van der Waals surface area contributed by atoms with Crippen LogP contribution in [-0.4, -0.2) is 34.9 Å². The van der Waals surface area contributed by atoms with Crippen molar-refractivity contribution in [3.05, 3.63) is 29.8 Å². The molecule has 1 saturated carbocycles. The van der Waals surface area contributed by atoms with E-state index in [0.29, 0.717) is 12.2 Å². The van der Waals surface area contributed by atoms with Gasteiger partial charge in [0.15, 0.2) is 0 Å². The van der Waals surface area contributed by atoms with Gasteiger partial charge >= 0.3 is 12.0 Å². The number of esters is 1. The summed E-state index contributed by atoms with van der Waals surface area (Å²) in [5, 5.41) is 2.83. The van der Waals surface area contributed by atoms with Gasteiger partial charge in [-0.1, -0.05) is 38.8 Å². The molecule has 1 saturated heterocycles. The van der Waals surface area contributed by atoms with Crippen LogP contribution in [0.4, 0.5) is 4.79 Å². The smallest absolute Gasteiger partial charge is 0.331 e. The Balaban J connectivity index is 1.66. The van der Waals surface area contributed by atoms with Crippen molar-refractivity contribution in [2.24, 2.45) is 5.92 Å². The molecule has 6 nitrogen and oxygen atoms in total. The second kappa shape index (κ2) is 6.86. The zero-order valence-electron chi connectivity index (χ0n) is 14.7. The maximum Gasteiger partial charge on any atom is 0.331 e. The Morgan fingerprint density at radius 2 is 2.00 bits per heavy atom. The van der Waals surface area contributed by atoms with Gasteiger partial charge in [0.25, 0.3) is 5.91 Å². The molecule has 1 aliphatic carbocycles. The lowest BCUT2D eigenvalue weighted by molar-refractivity contribution is -0.142. The largest absolute Gasteiger partial charge is 0.425 e. The van der Waals surface area contributed by atoms with Crippen molar-refractivity contribution >= 4 is 17.9 Å². The first-order valence-electron chi connectivity index (χ1n) is 8.90. The molecular weight excluding hydrogens is 320 g/mol. The summed E-state index contributed by atoms with van der Waals surface area (Å²) in [5.74, 6) is -0.438. The molecule has 1 spiro atoms. The van der Waals surface area contributed by atoms with E-state index in [0.717, 1.165) is 36.1 Å². The summed E-state index contributed by atoms with van der Waals surface area (Å²) < 4.78 is 5.26. The molecule has 1 aliphatic heterocycles. The molecule has 3 rings (SSSR count). The molecule has 25 heavy (non-hydrogen) atoms. The average Bonchev–Trinajstić information content (AvgIpc) is 2.83. The minimum atomic E-state index is -0.849. The van der Waals surface area contributed by atoms with E-state index in [2.05, 4.69) is 5.32 Å². The highest BCUT2D eigenvalue weighted by Crippen LogP contribution is 2.38. The number of urea groups is 1. The number of aryl methyl sites for hydroxylation is 1. The third-order valence-electron chi connectivity index (χ3n) is 5.35. The number of hydrogen-bond donors (Lipinski definition) is 1. The molecule has 1 aromatic carbocycles. The van der Waals surface area contributed by atoms with Gasteiger partial charge in [-0.15, -0.1) is 0 Å². The van der Waals surface area contributed by atoms with Crippen LogP contribution in [-0.2, 0) is 16.0 Å². The Morgan fingerprint density at radius 3 is 2.64 bits per heavy atom. The maximum atomic E-state index is 12.8. The lowest BCUT2D eigenvalue weighted by atomic mass is 9.73. The number of benzene rings is 1. The fourth-order valence-electron chi connectivity index (χ4n) is 3.73. The molecule has 2 atom stereocenters. The van der Waals surface area contributed by atoms with Crippen molar-refractivity contribution in [3.8, 4) is 5.75 Å². The fraction of sp³-hybridized carbons (Fsp3) is 0.526. The zero-order chi connectivity index (χ0) is 18.0. The molecule has 0 aromatic heterocycles. The van der Waals surface area contributed by atoms with Gasteiger partial charge in [-0.2, -0.15) is 0 Å². The summed E-state index contributed by atoms with van der Waals surface area (Å²) in [6.07, 6.45) is 4.38. The molecule has 3 amide bonds. The number of nitrogens with zero attached hydrogens (tertiary/aromatic N) is 1. The van der Waals surface area contributed by atoms with Crippen LogP contribution in [0.1, 0.15) is 45.1 Å². The van der Waals surface area contributed by atoms with E-state index in [4.69, 9.17) is 4.74 Å². The van der Waals surface area contributed by atoms with Gasteiger partial charge in [0.2, 0.25) is 0 Å². The summed E-state index contributed by atoms with van der Waals surface area (Å²) in [4.78, 5) is 38.2. The zero-order valence-corrected chi connectivity index (χ0v) is 14.7. The highest BCUT2D eigenvalue weighted by Gasteiger charge is 2.55. The monoisotopic (exact) mass is 344 g/mol. The summed E-state index contributed by atoms with van der Waals surface area (Å²) in [6, 6.07) is 6.70. The minimum Gasteiger partial charge on any atom is -0.425 e. The van der Waals surface area contributed by atoms with Gasteiger partial charge in [0.05, 0.1) is 0 Å². The maximum absolute atomic E-state index is 12.8. The Bertz CT molecular complexity index is 685. The molecule has 0 bridgehead atoms. The first-order valence-corrected chi connectivity index (χ1v) is 8.90. The molecule has 1 N–H and O–H groups in total. The normalized spacial score (nSPS) is 26.0. The molecule has 2 aliphatic rings. The van der Waals surface area contributed by atoms with Gasteiger partial charge in [-0.25, -0.2) is 9.59 Å². The van der Waals surface area contributed by atoms with Gasteiger partial charge in [-0.05, 0) is 42.9 Å². The number of hydrogen-bond acceptors (Lipinski definition) is 4. The van der Waals surface area contributed by atoms with Crippen LogP contribution in [0, 0.1) is 5.92 Å². The van der Waals surface area contributed by atoms with Gasteiger partial charge in [-0.3, -0.25) is 9.69 Å². The van der Waals surface area contributed by atoms with Crippen LogP contribution < -0.4 is 10.1 Å². The summed E-state index contributed by atoms with van der Waals surface area (Å²) in [5.41, 5.74) is 0.292. The second-order valence-corrected chi connectivity index (χ2v) is 6.91. The quantitative estimate of drug-likeness (QED) is 0.518. The number of carbonyl (C=O) groups excluding carboxylic acids is 3. The first-order chi connectivity index (χ1) is 12.0. The first kappa shape index (κ1) is 17.5. The van der Waals surface area contributed by atoms with Crippen molar-refractivity contribution in [2.45, 2.75) is 51.5 Å². The molecule has 6 heteroatoms. The number of rotatable bonds is 4. The van der Waals surface area contributed by atoms with Crippen molar-refractivity contribution in [2.75, 3.05) is 6.54 Å². The number of imide groups is 1. The summed E-state index contributed by atoms with van der Waals surface area (Å²) in [7, 11) is 0. The molecule has 1 aromatic rings. The number of ether oxygens (including phenoxy) is 1. The molecular formula is C19H24N2O4. The van der Waals surface area contributed by atoms with E-state index in [1.807, 2.05) is 26.0 Å². The molecule has 0 radical (unpaired) electrons. The molecule has 2 unspecified atom stereocenters. The van der Waals surface area contributed by atoms with Gasteiger partial charge in [0, 0.05) is 0 Å². The third kappa shape index (κ3) is 3.25. The SMILES string of the molecule is CCc1ccc(OC(=O)CN2C(=O)NC3(CCCCC3C)C2=O)cc1. The summed E-state index contributed by atoms with van der Waals surface area (Å²) in [6.45, 7) is 3.66. The van der Waals surface area contributed by atoms with Crippen LogP contribution in [0.15, 0.2) is 24.3 Å². The topological polar surface area (TPSA) is 75.7 Å². The van der Waals surface area contributed by atoms with Crippen molar-refractivity contribution in [3.63, 3.8) is 0 Å². The Kier molecular flexibility index (Phi) is 4.79. The van der Waals surface area contributed by atoms with E-state index < -0.39 is 17.5 Å². The van der Waals surface area contributed by atoms with E-state index in [-0.39, 0.29) is 18.4 Å². The minimum absolute atomic E-state index is 0.0697. The Labute approximate surface area is 147 Å². The summed E-state index contributed by atoms with van der Waals surface area (Å²) >= 11 is 0. The van der Waals surface area contributed by atoms with E-state index in [1.165, 1.54) is 0 Å². The third-order valence-corrected chi connectivity index (χ3v) is 5.35. The molecule has 2 fully saturated rings. The Hall–Kier alpha value is -2.37. The van der Waals surface area contributed by atoms with Crippen LogP contribution in [0.25, 0.3) is 0 Å².